The van der Waals surface area contributed by atoms with Crippen LogP contribution in [0.25, 0.3) is 0 Å². The Balaban J connectivity index is 1.25. The van der Waals surface area contributed by atoms with Crippen molar-refractivity contribution in [1.82, 2.24) is 15.1 Å². The Morgan fingerprint density at radius 1 is 1.04 bits per heavy atom. The van der Waals surface area contributed by atoms with Gasteiger partial charge >= 0.3 is 0 Å². The van der Waals surface area contributed by atoms with E-state index < -0.39 is 11.6 Å². The van der Waals surface area contributed by atoms with Crippen LogP contribution in [0, 0.1) is 17.6 Å². The molecule has 3 aliphatic rings. The first-order valence-corrected chi connectivity index (χ1v) is 10.3. The van der Waals surface area contributed by atoms with Crippen molar-refractivity contribution in [2.24, 2.45) is 5.92 Å². The maximum Gasteiger partial charge on any atom is 0.224 e. The smallest absolute Gasteiger partial charge is 0.224 e. The lowest BCUT2D eigenvalue weighted by molar-refractivity contribution is -0.127. The summed E-state index contributed by atoms with van der Waals surface area (Å²) in [6.45, 7) is 4.54. The highest BCUT2D eigenvalue weighted by Crippen LogP contribution is 2.26. The summed E-state index contributed by atoms with van der Waals surface area (Å²) in [5.41, 5.74) is 0.821. The van der Waals surface area contributed by atoms with E-state index in [-0.39, 0.29) is 11.8 Å². The molecule has 4 rings (SSSR count). The average Bonchev–Trinajstić information content (AvgIpc) is 3.49. The number of nitrogens with one attached hydrogen (secondary N) is 1. The van der Waals surface area contributed by atoms with Gasteiger partial charge in [-0.25, -0.2) is 8.78 Å². The third-order valence-electron chi connectivity index (χ3n) is 6.21. The Hall–Kier alpha value is -1.53. The fourth-order valence-corrected chi connectivity index (χ4v) is 4.44. The maximum atomic E-state index is 13.4. The molecular formula is C21H29F2N3O. The van der Waals surface area contributed by atoms with E-state index in [1.807, 2.05) is 0 Å². The fourth-order valence-electron chi connectivity index (χ4n) is 4.44. The number of nitrogens with zero attached hydrogens (tertiary/aromatic N) is 2. The number of amides is 1. The number of carbonyl (C=O) groups is 1. The highest BCUT2D eigenvalue weighted by atomic mass is 19.2. The van der Waals surface area contributed by atoms with Crippen LogP contribution in [0.5, 0.6) is 0 Å². The van der Waals surface area contributed by atoms with Crippen LogP contribution in [-0.4, -0.2) is 54.0 Å². The average molecular weight is 377 g/mol. The molecule has 2 heterocycles. The van der Waals surface area contributed by atoms with Crippen LogP contribution in [0.4, 0.5) is 8.78 Å². The van der Waals surface area contributed by atoms with Gasteiger partial charge in [0.05, 0.1) is 5.92 Å². The quantitative estimate of drug-likeness (QED) is 0.857. The van der Waals surface area contributed by atoms with Gasteiger partial charge in [-0.15, -0.1) is 0 Å². The van der Waals surface area contributed by atoms with Gasteiger partial charge in [-0.05, 0) is 75.9 Å². The van der Waals surface area contributed by atoms with E-state index >= 15 is 0 Å². The molecule has 0 aromatic heterocycles. The zero-order valence-electron chi connectivity index (χ0n) is 15.8. The van der Waals surface area contributed by atoms with Gasteiger partial charge < -0.3 is 5.32 Å². The molecule has 1 amide bonds. The molecule has 6 heteroatoms. The van der Waals surface area contributed by atoms with Gasteiger partial charge in [0, 0.05) is 25.2 Å². The highest BCUT2D eigenvalue weighted by molar-refractivity contribution is 5.79. The second-order valence-corrected chi connectivity index (χ2v) is 8.37. The lowest BCUT2D eigenvalue weighted by atomic mass is 9.93. The number of piperidine rings is 2. The summed E-state index contributed by atoms with van der Waals surface area (Å²) in [7, 11) is 0. The number of hydrogen-bond donors (Lipinski definition) is 1. The van der Waals surface area contributed by atoms with Crippen molar-refractivity contribution in [3.63, 3.8) is 0 Å². The van der Waals surface area contributed by atoms with Crippen molar-refractivity contribution < 1.29 is 13.6 Å². The Bertz CT molecular complexity index is 671. The van der Waals surface area contributed by atoms with Gasteiger partial charge in [-0.2, -0.15) is 0 Å². The minimum absolute atomic E-state index is 0.138. The first-order chi connectivity index (χ1) is 13.1. The van der Waals surface area contributed by atoms with Crippen molar-refractivity contribution in [3.05, 3.63) is 35.4 Å². The normalized spacial score (nSPS) is 25.5. The summed E-state index contributed by atoms with van der Waals surface area (Å²) < 4.78 is 26.5. The van der Waals surface area contributed by atoms with Crippen LogP contribution in [0.1, 0.15) is 44.1 Å². The molecule has 3 fully saturated rings. The fraction of sp³-hybridized carbons (Fsp3) is 0.667. The molecule has 2 aliphatic heterocycles. The molecule has 148 valence electrons. The third kappa shape index (κ3) is 4.85. The van der Waals surface area contributed by atoms with E-state index in [2.05, 4.69) is 15.1 Å². The Morgan fingerprint density at radius 2 is 1.81 bits per heavy atom. The molecule has 1 saturated carbocycles. The monoisotopic (exact) mass is 377 g/mol. The molecule has 27 heavy (non-hydrogen) atoms. The molecule has 1 N–H and O–H groups in total. The zero-order valence-corrected chi connectivity index (χ0v) is 15.8. The van der Waals surface area contributed by atoms with E-state index in [0.29, 0.717) is 18.6 Å². The van der Waals surface area contributed by atoms with Crippen LogP contribution in [0.3, 0.4) is 0 Å². The SMILES string of the molecule is O=C(NC1CC1)C1CCCN(C2CCN(Cc3ccc(F)c(F)c3)CC2)C1. The first-order valence-electron chi connectivity index (χ1n) is 10.3. The lowest BCUT2D eigenvalue weighted by Crippen LogP contribution is -2.50. The molecular weight excluding hydrogens is 348 g/mol. The van der Waals surface area contributed by atoms with E-state index in [1.54, 1.807) is 6.07 Å². The molecule has 1 aromatic carbocycles. The third-order valence-corrected chi connectivity index (χ3v) is 6.21. The number of rotatable bonds is 5. The van der Waals surface area contributed by atoms with Crippen LogP contribution >= 0.6 is 0 Å². The van der Waals surface area contributed by atoms with E-state index in [0.717, 1.165) is 70.3 Å². The Labute approximate surface area is 159 Å². The molecule has 4 nitrogen and oxygen atoms in total. The number of likely N-dealkylation sites (tertiary alicyclic amines) is 2. The van der Waals surface area contributed by atoms with Crippen LogP contribution in [0.15, 0.2) is 18.2 Å². The summed E-state index contributed by atoms with van der Waals surface area (Å²) in [6.07, 6.45) is 6.51. The van der Waals surface area contributed by atoms with Crippen molar-refractivity contribution in [2.45, 2.75) is 57.2 Å². The van der Waals surface area contributed by atoms with E-state index in [1.165, 1.54) is 12.1 Å². The standard InChI is InChI=1S/C21H29F2N3O/c22-19-6-3-15(12-20(19)23)13-25-10-7-18(8-11-25)26-9-1-2-16(14-26)21(27)24-17-4-5-17/h3,6,12,16-18H,1-2,4-5,7-11,13-14H2,(H,24,27). The second kappa shape index (κ2) is 8.23. The molecule has 1 unspecified atom stereocenters. The predicted octanol–water partition coefficient (Wildman–Crippen LogP) is 2.92. The topological polar surface area (TPSA) is 35.6 Å². The van der Waals surface area contributed by atoms with Gasteiger partial charge in [-0.1, -0.05) is 6.07 Å². The minimum atomic E-state index is -0.789. The van der Waals surface area contributed by atoms with Crippen molar-refractivity contribution >= 4 is 5.91 Å². The van der Waals surface area contributed by atoms with Gasteiger partial charge in [0.25, 0.3) is 0 Å². The summed E-state index contributed by atoms with van der Waals surface area (Å²) in [5.74, 6) is -1.17. The van der Waals surface area contributed by atoms with E-state index in [4.69, 9.17) is 0 Å². The van der Waals surface area contributed by atoms with Gasteiger partial charge in [-0.3, -0.25) is 14.6 Å². The molecule has 0 spiro atoms. The van der Waals surface area contributed by atoms with Crippen LogP contribution in [-0.2, 0) is 11.3 Å². The first kappa shape index (κ1) is 18.8. The predicted molar refractivity (Wildman–Crippen MR) is 100 cm³/mol. The van der Waals surface area contributed by atoms with Crippen LogP contribution in [0.2, 0.25) is 0 Å². The van der Waals surface area contributed by atoms with Crippen molar-refractivity contribution in [2.75, 3.05) is 26.2 Å². The molecule has 1 atom stereocenters. The molecule has 0 bridgehead atoms. The number of benzene rings is 1. The number of carbonyl (C=O) groups excluding carboxylic acids is 1. The number of hydrogen-bond acceptors (Lipinski definition) is 3. The second-order valence-electron chi connectivity index (χ2n) is 8.37. The van der Waals surface area contributed by atoms with Crippen molar-refractivity contribution in [3.8, 4) is 0 Å². The molecule has 1 aromatic rings. The van der Waals surface area contributed by atoms with Crippen LogP contribution < -0.4 is 5.32 Å². The summed E-state index contributed by atoms with van der Waals surface area (Å²) in [4.78, 5) is 17.2. The van der Waals surface area contributed by atoms with E-state index in [9.17, 15) is 13.6 Å². The Morgan fingerprint density at radius 3 is 2.52 bits per heavy atom. The van der Waals surface area contributed by atoms with Gasteiger partial charge in [0.15, 0.2) is 11.6 Å². The summed E-state index contributed by atoms with van der Waals surface area (Å²) in [5, 5.41) is 3.16. The zero-order chi connectivity index (χ0) is 18.8. The molecule has 0 radical (unpaired) electrons. The van der Waals surface area contributed by atoms with Gasteiger partial charge in [0.1, 0.15) is 0 Å². The van der Waals surface area contributed by atoms with Gasteiger partial charge in [0.2, 0.25) is 5.91 Å². The Kier molecular flexibility index (Phi) is 5.74. The maximum absolute atomic E-state index is 13.4. The minimum Gasteiger partial charge on any atom is -0.353 e. The summed E-state index contributed by atoms with van der Waals surface area (Å²) >= 11 is 0. The highest BCUT2D eigenvalue weighted by Gasteiger charge is 2.33. The number of halogens is 2. The summed E-state index contributed by atoms with van der Waals surface area (Å²) in [6, 6.07) is 5.14. The molecule has 1 aliphatic carbocycles. The van der Waals surface area contributed by atoms with Crippen molar-refractivity contribution in [1.29, 1.82) is 0 Å². The largest absolute Gasteiger partial charge is 0.353 e. The molecule has 2 saturated heterocycles. The lowest BCUT2D eigenvalue weighted by Gasteiger charge is -2.42.